The van der Waals surface area contributed by atoms with Crippen molar-refractivity contribution in [2.45, 2.75) is 169 Å². The van der Waals surface area contributed by atoms with E-state index in [1.807, 2.05) is 0 Å². The lowest BCUT2D eigenvalue weighted by atomic mass is 9.85. The highest BCUT2D eigenvalue weighted by atomic mass is 28.3. The molecule has 0 bridgehead atoms. The van der Waals surface area contributed by atoms with Crippen LogP contribution in [0.25, 0.3) is 0 Å². The van der Waals surface area contributed by atoms with E-state index in [1.54, 1.807) is 0 Å². The smallest absolute Gasteiger partial charge is 0.125 e. The zero-order valence-corrected chi connectivity index (χ0v) is 37.9. The lowest BCUT2D eigenvalue weighted by molar-refractivity contribution is 0.590. The molecule has 52 heavy (non-hydrogen) atoms. The van der Waals surface area contributed by atoms with Crippen LogP contribution >= 0.6 is 0 Å². The molecule has 0 radical (unpaired) electrons. The molecular weight excluding hydrogens is 657 g/mol. The van der Waals surface area contributed by atoms with Crippen molar-refractivity contribution in [3.8, 4) is 70.3 Å². The summed E-state index contributed by atoms with van der Waals surface area (Å²) in [5.74, 6) is 31.7. The molecule has 0 nitrogen and oxygen atoms in total. The first-order chi connectivity index (χ1) is 24.0. The third-order valence-electron chi connectivity index (χ3n) is 11.0. The second-order valence-electron chi connectivity index (χ2n) is 18.3. The lowest BCUT2D eigenvalue weighted by Crippen LogP contribution is -2.43. The van der Waals surface area contributed by atoms with Gasteiger partial charge in [-0.3, -0.25) is 0 Å². The Kier molecular flexibility index (Phi) is 15.6. The Morgan fingerprint density at radius 3 is 0.885 bits per heavy atom. The molecule has 0 spiro atoms. The fourth-order valence-electron chi connectivity index (χ4n) is 7.99. The molecule has 0 aliphatic carbocycles. The molecule has 0 aliphatic heterocycles. The first-order valence-electron chi connectivity index (χ1n) is 19.4. The summed E-state index contributed by atoms with van der Waals surface area (Å²) in [7, 11) is -3.77. The molecule has 2 rings (SSSR count). The van der Waals surface area contributed by atoms with Crippen LogP contribution in [0.2, 0.25) is 33.2 Å². The standard InChI is InChI=1S/C50H66Si2/c1-37(2)51(38(3)4,39(5)6)33-31-43-27-29-47(49(13,14)15)35-45(43)25-23-21-19-20-22-24-26-46-36-48(50(16,17)18)30-28-44(46)32-34-52(40(7)8,41(9)10)42(11)12/h27-30,35-42H,1-18H3. The molecule has 2 aromatic carbocycles. The fraction of sp³-hybridized carbons (Fsp3) is 0.520. The van der Waals surface area contributed by atoms with E-state index >= 15 is 0 Å². The summed E-state index contributed by atoms with van der Waals surface area (Å²) in [6.45, 7) is 41.5. The van der Waals surface area contributed by atoms with Gasteiger partial charge in [0.25, 0.3) is 0 Å². The van der Waals surface area contributed by atoms with Gasteiger partial charge in [-0.15, -0.1) is 11.1 Å². The minimum absolute atomic E-state index is 0.00467. The Morgan fingerprint density at radius 2 is 0.635 bits per heavy atom. The largest absolute Gasteiger partial charge is 0.146 e. The van der Waals surface area contributed by atoms with Crippen molar-refractivity contribution < 1.29 is 0 Å². The molecule has 0 N–H and O–H groups in total. The molecule has 274 valence electrons. The minimum Gasteiger partial charge on any atom is -0.125 e. The van der Waals surface area contributed by atoms with Crippen molar-refractivity contribution in [1.82, 2.24) is 0 Å². The summed E-state index contributed by atoms with van der Waals surface area (Å²) in [5, 5.41) is 0. The number of rotatable bonds is 6. The quantitative estimate of drug-likeness (QED) is 0.206. The van der Waals surface area contributed by atoms with Gasteiger partial charge in [-0.25, -0.2) is 0 Å². The first-order valence-corrected chi connectivity index (χ1v) is 23.9. The fourth-order valence-corrected chi connectivity index (χ4v) is 18.4. The SMILES string of the molecule is CC(C)[Si](C#Cc1ccc(C(C)(C)C)cc1C#CC#CC#CC#Cc1cc(C(C)(C)C)ccc1C#C[Si](C(C)C)(C(C)C)C(C)C)(C(C)C)C(C)C. The average Bonchev–Trinajstić information content (AvgIpc) is 3.01. The number of hydrogen-bond acceptors (Lipinski definition) is 0. The summed E-state index contributed by atoms with van der Waals surface area (Å²) in [5.41, 5.74) is 17.4. The summed E-state index contributed by atoms with van der Waals surface area (Å²) >= 11 is 0. The van der Waals surface area contributed by atoms with Crippen molar-refractivity contribution >= 4 is 16.1 Å². The molecule has 0 fully saturated rings. The Hall–Kier alpha value is -3.77. The molecule has 0 amide bonds. The molecule has 0 heterocycles. The summed E-state index contributed by atoms with van der Waals surface area (Å²) < 4.78 is 0. The van der Waals surface area contributed by atoms with Crippen molar-refractivity contribution in [2.75, 3.05) is 0 Å². The molecule has 2 heteroatoms. The third-order valence-corrected chi connectivity index (χ3v) is 23.6. The second kappa shape index (κ2) is 18.3. The van der Waals surface area contributed by atoms with Crippen molar-refractivity contribution in [3.05, 3.63) is 69.8 Å². The van der Waals surface area contributed by atoms with Crippen LogP contribution in [-0.2, 0) is 10.8 Å². The maximum Gasteiger partial charge on any atom is 0.146 e. The number of benzene rings is 2. The van der Waals surface area contributed by atoms with Crippen molar-refractivity contribution in [2.24, 2.45) is 0 Å². The van der Waals surface area contributed by atoms with E-state index in [1.165, 1.54) is 11.1 Å². The first kappa shape index (κ1) is 44.4. The Morgan fingerprint density at radius 1 is 0.365 bits per heavy atom. The van der Waals surface area contributed by atoms with Gasteiger partial charge in [0.15, 0.2) is 0 Å². The molecule has 0 aromatic heterocycles. The lowest BCUT2D eigenvalue weighted by Gasteiger charge is -2.38. The van der Waals surface area contributed by atoms with E-state index in [4.69, 9.17) is 0 Å². The van der Waals surface area contributed by atoms with Gasteiger partial charge in [-0.05, 0) is 115 Å². The summed E-state index contributed by atoms with van der Waals surface area (Å²) in [6.07, 6.45) is 0. The van der Waals surface area contributed by atoms with E-state index in [0.29, 0.717) is 33.2 Å². The molecule has 0 saturated carbocycles. The van der Waals surface area contributed by atoms with Gasteiger partial charge in [0.05, 0.1) is 0 Å². The van der Waals surface area contributed by atoms with Crippen LogP contribution in [0.4, 0.5) is 0 Å². The maximum atomic E-state index is 3.87. The van der Waals surface area contributed by atoms with Crippen LogP contribution in [0, 0.1) is 70.3 Å². The zero-order valence-electron chi connectivity index (χ0n) is 35.9. The van der Waals surface area contributed by atoms with Crippen LogP contribution < -0.4 is 0 Å². The average molecular weight is 723 g/mol. The highest BCUT2D eigenvalue weighted by Crippen LogP contribution is 2.42. The molecule has 2 aromatic rings. The Bertz CT molecular complexity index is 1760. The molecule has 0 unspecified atom stereocenters. The molecule has 0 aliphatic rings. The Balaban J connectivity index is 2.58. The van der Waals surface area contributed by atoms with E-state index in [0.717, 1.165) is 22.3 Å². The van der Waals surface area contributed by atoms with Crippen molar-refractivity contribution in [3.63, 3.8) is 0 Å². The van der Waals surface area contributed by atoms with Gasteiger partial charge >= 0.3 is 0 Å². The highest BCUT2D eigenvalue weighted by molar-refractivity contribution is 6.91. The second-order valence-corrected chi connectivity index (χ2v) is 29.5. The highest BCUT2D eigenvalue weighted by Gasteiger charge is 2.42. The van der Waals surface area contributed by atoms with Gasteiger partial charge in [0, 0.05) is 22.3 Å². The van der Waals surface area contributed by atoms with Crippen LogP contribution in [0.15, 0.2) is 36.4 Å². The minimum atomic E-state index is -1.88. The predicted molar refractivity (Wildman–Crippen MR) is 235 cm³/mol. The van der Waals surface area contributed by atoms with Gasteiger partial charge in [-0.2, -0.15) is 0 Å². The predicted octanol–water partition coefficient (Wildman–Crippen LogP) is 12.8. The molecule has 0 atom stereocenters. The van der Waals surface area contributed by atoms with Gasteiger partial charge in [0.1, 0.15) is 16.1 Å². The van der Waals surface area contributed by atoms with E-state index in [9.17, 15) is 0 Å². The van der Waals surface area contributed by atoms with Crippen LogP contribution in [0.5, 0.6) is 0 Å². The number of hydrogen-bond donors (Lipinski definition) is 0. The van der Waals surface area contributed by atoms with Gasteiger partial charge in [-0.1, -0.05) is 160 Å². The normalized spacial score (nSPS) is 11.8. The van der Waals surface area contributed by atoms with Gasteiger partial charge < -0.3 is 0 Å². The van der Waals surface area contributed by atoms with Crippen LogP contribution in [-0.4, -0.2) is 16.1 Å². The van der Waals surface area contributed by atoms with E-state index in [-0.39, 0.29) is 10.8 Å². The molecular formula is C50H66Si2. The molecule has 0 saturated heterocycles. The topological polar surface area (TPSA) is 0 Å². The van der Waals surface area contributed by atoms with Crippen LogP contribution in [0.3, 0.4) is 0 Å². The summed E-state index contributed by atoms with van der Waals surface area (Å²) in [4.78, 5) is 0. The van der Waals surface area contributed by atoms with Gasteiger partial charge in [0.2, 0.25) is 0 Å². The Labute approximate surface area is 323 Å². The van der Waals surface area contributed by atoms with E-state index < -0.39 is 16.1 Å². The summed E-state index contributed by atoms with van der Waals surface area (Å²) in [6, 6.07) is 13.0. The monoisotopic (exact) mass is 722 g/mol. The van der Waals surface area contributed by atoms with Crippen molar-refractivity contribution in [1.29, 1.82) is 0 Å². The maximum absolute atomic E-state index is 3.87. The van der Waals surface area contributed by atoms with Crippen LogP contribution in [0.1, 0.15) is 158 Å². The van der Waals surface area contributed by atoms with E-state index in [2.05, 4.69) is 231 Å². The third kappa shape index (κ3) is 10.9. The zero-order chi connectivity index (χ0) is 39.7.